The quantitative estimate of drug-likeness (QED) is 0.178. The number of hydrogen-bond donors (Lipinski definition) is 3. The Labute approximate surface area is 254 Å². The van der Waals surface area contributed by atoms with Crippen molar-refractivity contribution in [3.63, 3.8) is 0 Å². The second-order valence-corrected chi connectivity index (χ2v) is 10.9. The van der Waals surface area contributed by atoms with Gasteiger partial charge in [-0.25, -0.2) is 9.37 Å². The lowest BCUT2D eigenvalue weighted by atomic mass is 10.1. The monoisotopic (exact) mass is 613 g/mol. The number of ketones is 1. The van der Waals surface area contributed by atoms with Crippen molar-refractivity contribution in [3.05, 3.63) is 65.9 Å². The second-order valence-electron chi connectivity index (χ2n) is 10.9. The molecule has 0 spiro atoms. The minimum absolute atomic E-state index is 0.0882. The topological polar surface area (TPSA) is 182 Å². The molecule has 15 nitrogen and oxygen atoms in total. The van der Waals surface area contributed by atoms with E-state index in [1.807, 2.05) is 35.2 Å². The molecular formula is C29H28FN11O4. The van der Waals surface area contributed by atoms with Crippen molar-refractivity contribution in [1.29, 1.82) is 0 Å². The van der Waals surface area contributed by atoms with E-state index in [0.717, 1.165) is 18.3 Å². The number of nitrogens with one attached hydrogen (secondary N) is 2. The van der Waals surface area contributed by atoms with Gasteiger partial charge in [0.1, 0.15) is 17.1 Å². The van der Waals surface area contributed by atoms with Crippen LogP contribution in [0.3, 0.4) is 0 Å². The smallest absolute Gasteiger partial charge is 0.295 e. The molecule has 7 rings (SSSR count). The number of carbonyl (C=O) groups excluding carboxylic acids is 3. The van der Waals surface area contributed by atoms with Crippen LogP contribution in [0.15, 0.2) is 48.8 Å². The molecule has 2 fully saturated rings. The fraction of sp³-hybridized carbons (Fsp3) is 0.310. The number of nitrogens with zero attached hydrogens (tertiary/aromatic N) is 9. The van der Waals surface area contributed by atoms with Crippen LogP contribution in [0, 0.1) is 5.82 Å². The summed E-state index contributed by atoms with van der Waals surface area (Å²) in [5.41, 5.74) is 1.49. The summed E-state index contributed by atoms with van der Waals surface area (Å²) >= 11 is 0. The number of benzene rings is 1. The van der Waals surface area contributed by atoms with Gasteiger partial charge in [-0.2, -0.15) is 9.78 Å². The Kier molecular flexibility index (Phi) is 7.25. The van der Waals surface area contributed by atoms with E-state index in [-0.39, 0.29) is 65.2 Å². The maximum absolute atomic E-state index is 15.1. The van der Waals surface area contributed by atoms with Crippen LogP contribution in [0.4, 0.5) is 10.3 Å². The SMILES string of the molecule is O=C(C(=O)N1CCN(c2nnnn2-c2ccccc2)CC1)c1c[nH]c2c(-c3cc(C(=O)N4CCC[C@H]4CO)[nH]n3)ncc(F)c12. The van der Waals surface area contributed by atoms with Crippen molar-refractivity contribution in [3.8, 4) is 17.1 Å². The lowest BCUT2D eigenvalue weighted by Gasteiger charge is -2.34. The molecule has 1 aromatic carbocycles. The molecule has 0 unspecified atom stereocenters. The van der Waals surface area contributed by atoms with Gasteiger partial charge in [-0.3, -0.25) is 19.5 Å². The van der Waals surface area contributed by atoms with Gasteiger partial charge in [-0.05, 0) is 41.5 Å². The molecule has 4 aromatic heterocycles. The number of amides is 2. The summed E-state index contributed by atoms with van der Waals surface area (Å²) in [7, 11) is 0. The van der Waals surface area contributed by atoms with Crippen molar-refractivity contribution >= 4 is 34.4 Å². The third-order valence-corrected chi connectivity index (χ3v) is 8.30. The van der Waals surface area contributed by atoms with Crippen molar-refractivity contribution in [2.75, 3.05) is 44.2 Å². The fourth-order valence-corrected chi connectivity index (χ4v) is 5.97. The number of piperazine rings is 1. The van der Waals surface area contributed by atoms with Crippen LogP contribution in [0.2, 0.25) is 0 Å². The molecule has 2 saturated heterocycles. The van der Waals surface area contributed by atoms with Gasteiger partial charge in [-0.1, -0.05) is 23.3 Å². The van der Waals surface area contributed by atoms with Gasteiger partial charge in [0.2, 0.25) is 5.95 Å². The van der Waals surface area contributed by atoms with Crippen molar-refractivity contribution in [1.82, 2.24) is 50.2 Å². The molecular weight excluding hydrogens is 585 g/mol. The van der Waals surface area contributed by atoms with Gasteiger partial charge in [0.15, 0.2) is 5.82 Å². The van der Waals surface area contributed by atoms with Gasteiger partial charge in [0.25, 0.3) is 17.6 Å². The molecule has 2 aliphatic rings. The highest BCUT2D eigenvalue weighted by Gasteiger charge is 2.33. The molecule has 0 radical (unpaired) electrons. The minimum atomic E-state index is -0.859. The summed E-state index contributed by atoms with van der Waals surface area (Å²) in [6.45, 7) is 1.65. The number of H-pyrrole nitrogens is 2. The highest BCUT2D eigenvalue weighted by Crippen LogP contribution is 2.30. The molecule has 0 aliphatic carbocycles. The summed E-state index contributed by atoms with van der Waals surface area (Å²) in [6, 6.07) is 10.7. The summed E-state index contributed by atoms with van der Waals surface area (Å²) < 4.78 is 16.8. The molecule has 230 valence electrons. The van der Waals surface area contributed by atoms with E-state index in [9.17, 15) is 19.5 Å². The molecule has 1 atom stereocenters. The number of likely N-dealkylation sites (tertiary alicyclic amines) is 1. The Morgan fingerprint density at radius 3 is 2.64 bits per heavy atom. The zero-order valence-corrected chi connectivity index (χ0v) is 23.9. The minimum Gasteiger partial charge on any atom is -0.394 e. The number of aliphatic hydroxyl groups is 1. The Morgan fingerprint density at radius 1 is 1.07 bits per heavy atom. The van der Waals surface area contributed by atoms with E-state index in [1.165, 1.54) is 17.2 Å². The number of halogens is 1. The summed E-state index contributed by atoms with van der Waals surface area (Å²) in [5.74, 6) is -2.18. The number of aromatic amines is 2. The third kappa shape index (κ3) is 4.98. The number of hydrogen-bond acceptors (Lipinski definition) is 10. The number of para-hydroxylation sites is 1. The maximum Gasteiger partial charge on any atom is 0.295 e. The summed E-state index contributed by atoms with van der Waals surface area (Å²) in [5, 5.41) is 28.4. The Hall–Kier alpha value is -5.51. The van der Waals surface area contributed by atoms with Gasteiger partial charge < -0.3 is 24.8 Å². The number of aliphatic hydroxyl groups excluding tert-OH is 1. The number of Topliss-reactive ketones (excluding diaryl/α,β-unsaturated/α-hetero) is 1. The number of anilines is 1. The molecule has 5 aromatic rings. The summed E-state index contributed by atoms with van der Waals surface area (Å²) in [6.07, 6.45) is 3.76. The molecule has 45 heavy (non-hydrogen) atoms. The number of tetrazole rings is 1. The maximum atomic E-state index is 15.1. The number of fused-ring (bicyclic) bond motifs is 1. The van der Waals surface area contributed by atoms with Crippen LogP contribution in [0.25, 0.3) is 28.0 Å². The van der Waals surface area contributed by atoms with E-state index in [0.29, 0.717) is 32.0 Å². The largest absolute Gasteiger partial charge is 0.394 e. The molecule has 0 bridgehead atoms. The van der Waals surface area contributed by atoms with E-state index >= 15 is 4.39 Å². The summed E-state index contributed by atoms with van der Waals surface area (Å²) in [4.78, 5) is 51.8. The predicted octanol–water partition coefficient (Wildman–Crippen LogP) is 1.20. The Balaban J connectivity index is 1.08. The van der Waals surface area contributed by atoms with Crippen LogP contribution in [0.1, 0.15) is 33.7 Å². The lowest BCUT2D eigenvalue weighted by molar-refractivity contribution is -0.126. The van der Waals surface area contributed by atoms with Crippen LogP contribution < -0.4 is 4.90 Å². The zero-order chi connectivity index (χ0) is 31.1. The number of rotatable bonds is 7. The number of aromatic nitrogens is 8. The first-order valence-corrected chi connectivity index (χ1v) is 14.5. The van der Waals surface area contributed by atoms with E-state index in [4.69, 9.17) is 0 Å². The molecule has 3 N–H and O–H groups in total. The van der Waals surface area contributed by atoms with E-state index < -0.39 is 17.5 Å². The predicted molar refractivity (Wildman–Crippen MR) is 157 cm³/mol. The lowest BCUT2D eigenvalue weighted by Crippen LogP contribution is -2.51. The van der Waals surface area contributed by atoms with E-state index in [1.54, 1.807) is 9.58 Å². The van der Waals surface area contributed by atoms with Gasteiger partial charge in [0, 0.05) is 38.9 Å². The first-order chi connectivity index (χ1) is 21.9. The highest BCUT2D eigenvalue weighted by molar-refractivity contribution is 6.45. The highest BCUT2D eigenvalue weighted by atomic mass is 19.1. The number of carbonyl (C=O) groups is 3. The average molecular weight is 614 g/mol. The first kappa shape index (κ1) is 28.3. The van der Waals surface area contributed by atoms with Crippen molar-refractivity contribution < 1.29 is 23.9 Å². The molecule has 16 heteroatoms. The van der Waals surface area contributed by atoms with Gasteiger partial charge in [-0.15, -0.1) is 0 Å². The second kappa shape index (κ2) is 11.5. The fourth-order valence-electron chi connectivity index (χ4n) is 5.97. The normalized spacial score (nSPS) is 16.9. The molecule has 6 heterocycles. The molecule has 0 saturated carbocycles. The first-order valence-electron chi connectivity index (χ1n) is 14.5. The Morgan fingerprint density at radius 2 is 1.87 bits per heavy atom. The third-order valence-electron chi connectivity index (χ3n) is 8.30. The van der Waals surface area contributed by atoms with Crippen LogP contribution in [-0.2, 0) is 4.79 Å². The standard InChI is InChI=1S/C29H28FN11O4/c30-20-15-32-24(21-13-22(34-33-21)27(44)40-8-4-7-18(40)16-42)25-23(20)19(14-31-25)26(43)28(45)38-9-11-39(12-10-38)29-35-36-37-41(29)17-5-2-1-3-6-17/h1-3,5-6,13-15,18,31,42H,4,7-12,16H2,(H,33,34)/t18-/m0/s1. The van der Waals surface area contributed by atoms with Gasteiger partial charge >= 0.3 is 0 Å². The number of pyridine rings is 1. The van der Waals surface area contributed by atoms with Crippen molar-refractivity contribution in [2.24, 2.45) is 0 Å². The average Bonchev–Trinajstić information content (AvgIpc) is 3.90. The van der Waals surface area contributed by atoms with Crippen LogP contribution in [0.5, 0.6) is 0 Å². The van der Waals surface area contributed by atoms with Crippen LogP contribution >= 0.6 is 0 Å². The molecule has 2 aliphatic heterocycles. The Bertz CT molecular complexity index is 1890. The van der Waals surface area contributed by atoms with E-state index in [2.05, 4.69) is 35.7 Å². The zero-order valence-electron chi connectivity index (χ0n) is 23.9. The van der Waals surface area contributed by atoms with Crippen molar-refractivity contribution in [2.45, 2.75) is 18.9 Å². The van der Waals surface area contributed by atoms with Gasteiger partial charge in [0.05, 0.1) is 41.0 Å². The molecule has 2 amide bonds. The van der Waals surface area contributed by atoms with Crippen LogP contribution in [-0.4, -0.2) is 118 Å².